The molecule has 2 aliphatic heterocycles. The lowest BCUT2D eigenvalue weighted by Gasteiger charge is -2.30. The van der Waals surface area contributed by atoms with E-state index >= 15 is 0 Å². The zero-order chi connectivity index (χ0) is 18.8. The second-order valence-electron chi connectivity index (χ2n) is 6.66. The zero-order valence-electron chi connectivity index (χ0n) is 15.2. The van der Waals surface area contributed by atoms with Crippen LogP contribution in [0.3, 0.4) is 0 Å². The highest BCUT2D eigenvalue weighted by Crippen LogP contribution is 2.48. The van der Waals surface area contributed by atoms with Crippen molar-refractivity contribution in [3.8, 4) is 0 Å². The summed E-state index contributed by atoms with van der Waals surface area (Å²) in [5.74, 6) is 0.0507. The fourth-order valence-electron chi connectivity index (χ4n) is 3.37. The number of rotatable bonds is 4. The molecule has 0 aliphatic carbocycles. The molecule has 0 amide bonds. The summed E-state index contributed by atoms with van der Waals surface area (Å²) in [6.45, 7) is 5.58. The van der Waals surface area contributed by atoms with Gasteiger partial charge in [0, 0.05) is 41.3 Å². The van der Waals surface area contributed by atoms with E-state index in [0.717, 1.165) is 47.6 Å². The SMILES string of the molecule is CC(=O)/C=C1\Sc2ccc(N3CCOCC3)cc2N1Cc1cccc(Cl)c1. The van der Waals surface area contributed by atoms with Crippen LogP contribution in [-0.4, -0.2) is 32.1 Å². The zero-order valence-corrected chi connectivity index (χ0v) is 16.7. The Bertz CT molecular complexity index is 894. The van der Waals surface area contributed by atoms with Crippen molar-refractivity contribution in [1.82, 2.24) is 0 Å². The van der Waals surface area contributed by atoms with E-state index in [1.165, 1.54) is 10.6 Å². The molecule has 2 heterocycles. The normalized spacial score (nSPS) is 18.1. The van der Waals surface area contributed by atoms with Crippen LogP contribution in [0.4, 0.5) is 11.4 Å². The average Bonchev–Trinajstić information content (AvgIpc) is 2.98. The van der Waals surface area contributed by atoms with Gasteiger partial charge in [0.15, 0.2) is 5.78 Å². The molecule has 140 valence electrons. The summed E-state index contributed by atoms with van der Waals surface area (Å²) in [5.41, 5.74) is 3.44. The van der Waals surface area contributed by atoms with Crippen molar-refractivity contribution in [3.63, 3.8) is 0 Å². The number of carbonyl (C=O) groups excluding carboxylic acids is 1. The fourth-order valence-corrected chi connectivity index (χ4v) is 4.72. The monoisotopic (exact) mass is 400 g/mol. The van der Waals surface area contributed by atoms with Crippen molar-refractivity contribution < 1.29 is 9.53 Å². The molecule has 0 radical (unpaired) electrons. The van der Waals surface area contributed by atoms with Gasteiger partial charge < -0.3 is 14.5 Å². The number of nitrogens with zero attached hydrogens (tertiary/aromatic N) is 2. The Morgan fingerprint density at radius 2 is 2.04 bits per heavy atom. The van der Waals surface area contributed by atoms with Crippen LogP contribution in [0.25, 0.3) is 0 Å². The molecule has 2 aromatic carbocycles. The van der Waals surface area contributed by atoms with Crippen LogP contribution in [0.1, 0.15) is 12.5 Å². The number of thioether (sulfide) groups is 1. The number of morpholine rings is 1. The Morgan fingerprint density at radius 3 is 2.78 bits per heavy atom. The predicted octanol–water partition coefficient (Wildman–Crippen LogP) is 4.72. The van der Waals surface area contributed by atoms with E-state index in [1.807, 2.05) is 18.2 Å². The molecule has 0 spiro atoms. The molecule has 2 aromatic rings. The van der Waals surface area contributed by atoms with E-state index in [1.54, 1.807) is 24.8 Å². The molecule has 1 fully saturated rings. The molecule has 0 saturated carbocycles. The summed E-state index contributed by atoms with van der Waals surface area (Å²) < 4.78 is 5.47. The van der Waals surface area contributed by atoms with Crippen molar-refractivity contribution in [2.24, 2.45) is 0 Å². The Morgan fingerprint density at radius 1 is 1.22 bits per heavy atom. The summed E-state index contributed by atoms with van der Waals surface area (Å²) in [6.07, 6.45) is 1.71. The minimum Gasteiger partial charge on any atom is -0.378 e. The summed E-state index contributed by atoms with van der Waals surface area (Å²) >= 11 is 7.81. The molecule has 2 aliphatic rings. The largest absolute Gasteiger partial charge is 0.378 e. The number of anilines is 2. The number of ketones is 1. The molecule has 0 bridgehead atoms. The van der Waals surface area contributed by atoms with Gasteiger partial charge >= 0.3 is 0 Å². The van der Waals surface area contributed by atoms with Crippen LogP contribution in [-0.2, 0) is 16.1 Å². The maximum Gasteiger partial charge on any atom is 0.155 e. The van der Waals surface area contributed by atoms with Gasteiger partial charge in [0.05, 0.1) is 23.9 Å². The fraction of sp³-hybridized carbons (Fsp3) is 0.286. The highest BCUT2D eigenvalue weighted by Gasteiger charge is 2.27. The quantitative estimate of drug-likeness (QED) is 0.693. The van der Waals surface area contributed by atoms with Crippen LogP contribution in [0.2, 0.25) is 5.02 Å². The number of hydrogen-bond acceptors (Lipinski definition) is 5. The lowest BCUT2D eigenvalue weighted by Crippen LogP contribution is -2.36. The second-order valence-corrected chi connectivity index (χ2v) is 8.16. The van der Waals surface area contributed by atoms with Crippen LogP contribution < -0.4 is 9.80 Å². The number of carbonyl (C=O) groups is 1. The van der Waals surface area contributed by atoms with Crippen molar-refractivity contribution in [2.45, 2.75) is 18.4 Å². The van der Waals surface area contributed by atoms with Gasteiger partial charge in [0.2, 0.25) is 0 Å². The van der Waals surface area contributed by atoms with Gasteiger partial charge in [-0.15, -0.1) is 0 Å². The Hall–Kier alpha value is -1.95. The Kier molecular flexibility index (Phi) is 5.43. The molecule has 27 heavy (non-hydrogen) atoms. The van der Waals surface area contributed by atoms with Crippen molar-refractivity contribution in [2.75, 3.05) is 36.1 Å². The van der Waals surface area contributed by atoms with Crippen molar-refractivity contribution in [3.05, 3.63) is 64.2 Å². The molecule has 0 aromatic heterocycles. The van der Waals surface area contributed by atoms with Crippen LogP contribution in [0, 0.1) is 0 Å². The van der Waals surface area contributed by atoms with Crippen LogP contribution in [0.15, 0.2) is 58.5 Å². The number of benzene rings is 2. The molecule has 1 saturated heterocycles. The first-order valence-corrected chi connectivity index (χ1v) is 10.2. The average molecular weight is 401 g/mol. The van der Waals surface area contributed by atoms with Crippen LogP contribution >= 0.6 is 23.4 Å². The maximum absolute atomic E-state index is 11.8. The van der Waals surface area contributed by atoms with Gasteiger partial charge in [-0.2, -0.15) is 0 Å². The van der Waals surface area contributed by atoms with E-state index in [4.69, 9.17) is 16.3 Å². The first-order chi connectivity index (χ1) is 13.1. The number of ether oxygens (including phenoxy) is 1. The van der Waals surface area contributed by atoms with Crippen LogP contribution in [0.5, 0.6) is 0 Å². The third-order valence-corrected chi connectivity index (χ3v) is 5.99. The third-order valence-electron chi connectivity index (χ3n) is 4.65. The first-order valence-electron chi connectivity index (χ1n) is 8.99. The molecule has 0 unspecified atom stereocenters. The van der Waals surface area contributed by atoms with Gasteiger partial charge in [-0.1, -0.05) is 35.5 Å². The lowest BCUT2D eigenvalue weighted by atomic mass is 10.2. The maximum atomic E-state index is 11.8. The predicted molar refractivity (Wildman–Crippen MR) is 112 cm³/mol. The second kappa shape index (κ2) is 7.97. The summed E-state index contributed by atoms with van der Waals surface area (Å²) in [7, 11) is 0. The van der Waals surface area contributed by atoms with Gasteiger partial charge in [-0.3, -0.25) is 4.79 Å². The molecule has 0 atom stereocenters. The van der Waals surface area contributed by atoms with Crippen molar-refractivity contribution >= 4 is 40.5 Å². The minimum absolute atomic E-state index is 0.0507. The van der Waals surface area contributed by atoms with Crippen molar-refractivity contribution in [1.29, 1.82) is 0 Å². The standard InChI is InChI=1S/C21H21ClN2O2S/c1-15(25)11-21-24(14-16-3-2-4-17(22)12-16)19-13-18(5-6-20(19)27-21)23-7-9-26-10-8-23/h2-6,11-13H,7-10,14H2,1H3/b21-11-. The molecular formula is C21H21ClN2O2S. The smallest absolute Gasteiger partial charge is 0.155 e. The third kappa shape index (κ3) is 4.15. The summed E-state index contributed by atoms with van der Waals surface area (Å²) in [6, 6.07) is 14.4. The van der Waals surface area contributed by atoms with Gasteiger partial charge in [0.1, 0.15) is 0 Å². The highest BCUT2D eigenvalue weighted by atomic mass is 35.5. The minimum atomic E-state index is 0.0507. The van der Waals surface area contributed by atoms with Gasteiger partial charge in [0.25, 0.3) is 0 Å². The molecule has 0 N–H and O–H groups in total. The molecule has 4 rings (SSSR count). The van der Waals surface area contributed by atoms with E-state index in [9.17, 15) is 4.79 Å². The Labute approximate surface area is 168 Å². The van der Waals surface area contributed by atoms with E-state index < -0.39 is 0 Å². The Balaban J connectivity index is 1.69. The highest BCUT2D eigenvalue weighted by molar-refractivity contribution is 8.03. The number of allylic oxidation sites excluding steroid dienone is 1. The number of halogens is 1. The van der Waals surface area contributed by atoms with E-state index in [-0.39, 0.29) is 5.78 Å². The topological polar surface area (TPSA) is 32.8 Å². The number of fused-ring (bicyclic) bond motifs is 1. The molecule has 6 heteroatoms. The van der Waals surface area contributed by atoms with Gasteiger partial charge in [-0.05, 0) is 42.8 Å². The number of hydrogen-bond donors (Lipinski definition) is 0. The van der Waals surface area contributed by atoms with E-state index in [0.29, 0.717) is 6.54 Å². The first kappa shape index (κ1) is 18.4. The molecule has 4 nitrogen and oxygen atoms in total. The summed E-state index contributed by atoms with van der Waals surface area (Å²) in [4.78, 5) is 17.5. The van der Waals surface area contributed by atoms with Gasteiger partial charge in [-0.25, -0.2) is 0 Å². The molecular weight excluding hydrogens is 380 g/mol. The summed E-state index contributed by atoms with van der Waals surface area (Å²) in [5, 5.41) is 1.68. The lowest BCUT2D eigenvalue weighted by molar-refractivity contribution is -0.112. The van der Waals surface area contributed by atoms with E-state index in [2.05, 4.69) is 34.1 Å².